The van der Waals surface area contributed by atoms with Gasteiger partial charge >= 0.3 is 0 Å². The van der Waals surface area contributed by atoms with Crippen molar-refractivity contribution >= 4 is 17.4 Å². The van der Waals surface area contributed by atoms with Crippen molar-refractivity contribution in [2.24, 2.45) is 0 Å². The number of hydrogen-bond donors (Lipinski definition) is 0. The van der Waals surface area contributed by atoms with Gasteiger partial charge < -0.3 is 0 Å². The smallest absolute Gasteiger partial charge is 0.181 e. The molecule has 0 spiro atoms. The lowest BCUT2D eigenvalue weighted by Gasteiger charge is -2.31. The minimum Gasteiger partial charge on any atom is -0.292 e. The highest BCUT2D eigenvalue weighted by atomic mass is 35.5. The predicted molar refractivity (Wildman–Crippen MR) is 54.3 cm³/mol. The van der Waals surface area contributed by atoms with E-state index >= 15 is 0 Å². The van der Waals surface area contributed by atoms with Gasteiger partial charge in [-0.2, -0.15) is 0 Å². The lowest BCUT2D eigenvalue weighted by molar-refractivity contribution is 0.0822. The van der Waals surface area contributed by atoms with Gasteiger partial charge in [0.2, 0.25) is 0 Å². The molecule has 1 aliphatic rings. The molecule has 74 valence electrons. The van der Waals surface area contributed by atoms with Gasteiger partial charge in [-0.05, 0) is 18.6 Å². The van der Waals surface area contributed by atoms with Crippen molar-refractivity contribution in [1.29, 1.82) is 0 Å². The average Bonchev–Trinajstić information content (AvgIpc) is 2.23. The van der Waals surface area contributed by atoms with Crippen LogP contribution < -0.4 is 0 Å². The Labute approximate surface area is 87.7 Å². The number of pyridine rings is 1. The Hall–Kier alpha value is -0.930. The van der Waals surface area contributed by atoms with Crippen LogP contribution in [0.3, 0.4) is 0 Å². The first-order valence-electron chi connectivity index (χ1n) is 4.51. The highest BCUT2D eigenvalue weighted by molar-refractivity contribution is 6.18. The molecule has 0 aromatic carbocycles. The quantitative estimate of drug-likeness (QED) is 0.522. The normalized spacial score (nSPS) is 22.1. The molecule has 0 N–H and O–H groups in total. The summed E-state index contributed by atoms with van der Waals surface area (Å²) in [5.74, 6) is 0.111. The van der Waals surface area contributed by atoms with E-state index in [0.29, 0.717) is 6.00 Å². The Morgan fingerprint density at radius 3 is 3.21 bits per heavy atom. The van der Waals surface area contributed by atoms with E-state index < -0.39 is 0 Å². The number of halogens is 1. The molecule has 1 atom stereocenters. The van der Waals surface area contributed by atoms with Crippen molar-refractivity contribution in [2.45, 2.75) is 19.5 Å². The van der Waals surface area contributed by atoms with Crippen molar-refractivity contribution in [3.63, 3.8) is 0 Å². The lowest BCUT2D eigenvalue weighted by atomic mass is 9.96. The van der Waals surface area contributed by atoms with Crippen molar-refractivity contribution < 1.29 is 4.79 Å². The predicted octanol–water partition coefficient (Wildman–Crippen LogP) is 1.66. The fraction of sp³-hybridized carbons (Fsp3) is 0.400. The zero-order valence-electron chi connectivity index (χ0n) is 7.90. The molecule has 1 aromatic heterocycles. The minimum atomic E-state index is -0.135. The zero-order chi connectivity index (χ0) is 10.1. The fourth-order valence-corrected chi connectivity index (χ4v) is 1.97. The Bertz CT molecular complexity index is 367. The topological polar surface area (TPSA) is 33.2 Å². The van der Waals surface area contributed by atoms with E-state index in [0.717, 1.165) is 17.7 Å². The van der Waals surface area contributed by atoms with Gasteiger partial charge in [-0.15, -0.1) is 11.6 Å². The van der Waals surface area contributed by atoms with Crippen LogP contribution in [0.25, 0.3) is 0 Å². The maximum absolute atomic E-state index is 11.8. The molecule has 1 aromatic rings. The van der Waals surface area contributed by atoms with Crippen LogP contribution in [0.15, 0.2) is 18.5 Å². The first-order valence-corrected chi connectivity index (χ1v) is 5.04. The maximum Gasteiger partial charge on any atom is 0.181 e. The molecule has 0 amide bonds. The number of aromatic nitrogens is 1. The van der Waals surface area contributed by atoms with Crippen LogP contribution in [-0.2, 0) is 6.54 Å². The van der Waals surface area contributed by atoms with E-state index in [9.17, 15) is 4.79 Å². The first kappa shape index (κ1) is 9.62. The summed E-state index contributed by atoms with van der Waals surface area (Å²) in [5, 5.41) is 0. The number of rotatable bonds is 1. The Balaban J connectivity index is 2.42. The van der Waals surface area contributed by atoms with Crippen LogP contribution in [0.1, 0.15) is 22.8 Å². The van der Waals surface area contributed by atoms with E-state index in [1.807, 2.05) is 17.9 Å². The van der Waals surface area contributed by atoms with Gasteiger partial charge in [0.25, 0.3) is 0 Å². The van der Waals surface area contributed by atoms with Crippen LogP contribution in [0.2, 0.25) is 0 Å². The van der Waals surface area contributed by atoms with Gasteiger partial charge in [0, 0.05) is 24.5 Å². The monoisotopic (exact) mass is 210 g/mol. The maximum atomic E-state index is 11.8. The van der Waals surface area contributed by atoms with Gasteiger partial charge in [-0.25, -0.2) is 0 Å². The van der Waals surface area contributed by atoms with Crippen molar-refractivity contribution in [3.05, 3.63) is 29.6 Å². The molecule has 4 heteroatoms. The third kappa shape index (κ3) is 1.42. The third-order valence-corrected chi connectivity index (χ3v) is 2.94. The van der Waals surface area contributed by atoms with Gasteiger partial charge in [0.05, 0.1) is 12.0 Å². The van der Waals surface area contributed by atoms with Crippen LogP contribution in [0.5, 0.6) is 0 Å². The first-order chi connectivity index (χ1) is 6.74. The number of hydrogen-bond acceptors (Lipinski definition) is 3. The van der Waals surface area contributed by atoms with Crippen LogP contribution >= 0.6 is 11.6 Å². The Kier molecular flexibility index (Phi) is 2.52. The van der Waals surface area contributed by atoms with Gasteiger partial charge in [-0.1, -0.05) is 0 Å². The second kappa shape index (κ2) is 3.67. The number of carbonyl (C=O) groups excluding carboxylic acids is 1. The summed E-state index contributed by atoms with van der Waals surface area (Å²) < 4.78 is 0. The SMILES string of the molecule is CC1C(=O)c2cnccc2CN1CCl. The van der Waals surface area contributed by atoms with E-state index in [4.69, 9.17) is 11.6 Å². The van der Waals surface area contributed by atoms with Crippen molar-refractivity contribution in [3.8, 4) is 0 Å². The zero-order valence-corrected chi connectivity index (χ0v) is 8.66. The number of nitrogens with zero attached hydrogens (tertiary/aromatic N) is 2. The molecule has 0 bridgehead atoms. The molecule has 0 saturated heterocycles. The molecule has 0 radical (unpaired) electrons. The largest absolute Gasteiger partial charge is 0.292 e. The molecule has 1 unspecified atom stereocenters. The summed E-state index contributed by atoms with van der Waals surface area (Å²) in [7, 11) is 0. The van der Waals surface area contributed by atoms with Gasteiger partial charge in [0.15, 0.2) is 5.78 Å². The summed E-state index contributed by atoms with van der Waals surface area (Å²) in [6, 6.07) is 2.12. The summed E-state index contributed by atoms with van der Waals surface area (Å²) in [5.41, 5.74) is 1.75. The molecule has 2 heterocycles. The molecule has 0 aliphatic carbocycles. The summed E-state index contributed by atoms with van der Waals surface area (Å²) in [4.78, 5) is 17.7. The summed E-state index contributed by atoms with van der Waals surface area (Å²) >= 11 is 5.77. The van der Waals surface area contributed by atoms with E-state index in [2.05, 4.69) is 4.98 Å². The molecule has 0 fully saturated rings. The standard InChI is InChI=1S/C10H11ClN2O/c1-7-10(14)9-4-12-3-2-8(9)5-13(7)6-11/h2-4,7H,5-6H2,1H3. The Morgan fingerprint density at radius 2 is 2.50 bits per heavy atom. The van der Waals surface area contributed by atoms with Gasteiger partial charge in [-0.3, -0.25) is 14.7 Å². The van der Waals surface area contributed by atoms with E-state index in [-0.39, 0.29) is 11.8 Å². The van der Waals surface area contributed by atoms with Crippen LogP contribution in [0, 0.1) is 0 Å². The summed E-state index contributed by atoms with van der Waals surface area (Å²) in [6.45, 7) is 2.61. The van der Waals surface area contributed by atoms with Crippen LogP contribution in [-0.4, -0.2) is 27.7 Å². The highest BCUT2D eigenvalue weighted by Gasteiger charge is 2.29. The fourth-order valence-electron chi connectivity index (χ4n) is 1.68. The number of fused-ring (bicyclic) bond motifs is 1. The molecule has 0 saturated carbocycles. The minimum absolute atomic E-state index is 0.111. The second-order valence-electron chi connectivity index (χ2n) is 3.44. The highest BCUT2D eigenvalue weighted by Crippen LogP contribution is 2.22. The lowest BCUT2D eigenvalue weighted by Crippen LogP contribution is -2.42. The molecule has 1 aliphatic heterocycles. The third-order valence-electron chi connectivity index (χ3n) is 2.63. The van der Waals surface area contributed by atoms with E-state index in [1.165, 1.54) is 0 Å². The van der Waals surface area contributed by atoms with Crippen molar-refractivity contribution in [1.82, 2.24) is 9.88 Å². The van der Waals surface area contributed by atoms with Gasteiger partial charge in [0.1, 0.15) is 0 Å². The number of ketones is 1. The molecule has 3 nitrogen and oxygen atoms in total. The number of Topliss-reactive ketones (excluding diaryl/α,β-unsaturated/α-hetero) is 1. The number of carbonyl (C=O) groups is 1. The summed E-state index contributed by atoms with van der Waals surface area (Å²) in [6.07, 6.45) is 3.34. The van der Waals surface area contributed by atoms with E-state index in [1.54, 1.807) is 12.4 Å². The number of alkyl halides is 1. The Morgan fingerprint density at radius 1 is 1.71 bits per heavy atom. The molecule has 2 rings (SSSR count). The average molecular weight is 211 g/mol. The molecular formula is C10H11ClN2O. The second-order valence-corrected chi connectivity index (χ2v) is 3.68. The molecule has 14 heavy (non-hydrogen) atoms. The molecular weight excluding hydrogens is 200 g/mol. The van der Waals surface area contributed by atoms with Crippen LogP contribution in [0.4, 0.5) is 0 Å². The van der Waals surface area contributed by atoms with Crippen molar-refractivity contribution in [2.75, 3.05) is 6.00 Å².